The van der Waals surface area contributed by atoms with Crippen molar-refractivity contribution in [1.29, 1.82) is 0 Å². The Hall–Kier alpha value is -2.38. The van der Waals surface area contributed by atoms with Crippen molar-refractivity contribution < 1.29 is 19.5 Å². The third kappa shape index (κ3) is 4.71. The first-order valence-corrected chi connectivity index (χ1v) is 6.11. The van der Waals surface area contributed by atoms with E-state index < -0.39 is 30.2 Å². The second-order valence-electron chi connectivity index (χ2n) is 4.53. The van der Waals surface area contributed by atoms with Gasteiger partial charge in [0, 0.05) is 18.7 Å². The summed E-state index contributed by atoms with van der Waals surface area (Å²) in [6.45, 7) is 4.05. The summed E-state index contributed by atoms with van der Waals surface area (Å²) in [5.74, 6) is -2.54. The highest BCUT2D eigenvalue weighted by Gasteiger charge is 2.21. The minimum absolute atomic E-state index is 0.0739. The van der Waals surface area contributed by atoms with Gasteiger partial charge in [0.15, 0.2) is 0 Å². The molecule has 0 aromatic carbocycles. The minimum Gasteiger partial charge on any atom is -0.480 e. The van der Waals surface area contributed by atoms with Crippen LogP contribution < -0.4 is 11.1 Å². The summed E-state index contributed by atoms with van der Waals surface area (Å²) >= 11 is 0. The zero-order valence-corrected chi connectivity index (χ0v) is 11.4. The van der Waals surface area contributed by atoms with Gasteiger partial charge in [0.05, 0.1) is 12.1 Å². The minimum atomic E-state index is -1.29. The average Bonchev–Trinajstić information content (AvgIpc) is 2.63. The zero-order chi connectivity index (χ0) is 15.3. The number of primary amides is 1. The van der Waals surface area contributed by atoms with Crippen molar-refractivity contribution in [3.8, 4) is 0 Å². The van der Waals surface area contributed by atoms with Crippen LogP contribution >= 0.6 is 0 Å². The summed E-state index contributed by atoms with van der Waals surface area (Å²) < 4.78 is 1.67. The fraction of sp³-hybridized carbons (Fsp3) is 0.500. The number of carboxylic acid groups (broad SMARTS) is 1. The number of carbonyl (C=O) groups is 3. The third-order valence-electron chi connectivity index (χ3n) is 2.69. The van der Waals surface area contributed by atoms with Gasteiger partial charge in [-0.05, 0) is 19.9 Å². The molecule has 0 saturated carbocycles. The SMILES string of the molecule is Cc1cc(C)n(CCC(=O)NC(CC(N)=O)C(=O)O)n1. The first-order chi connectivity index (χ1) is 9.29. The molecule has 0 aliphatic heterocycles. The van der Waals surface area contributed by atoms with E-state index in [1.807, 2.05) is 19.9 Å². The van der Waals surface area contributed by atoms with E-state index >= 15 is 0 Å². The molecule has 4 N–H and O–H groups in total. The van der Waals surface area contributed by atoms with Crippen molar-refractivity contribution in [2.45, 2.75) is 39.3 Å². The van der Waals surface area contributed by atoms with E-state index in [-0.39, 0.29) is 6.42 Å². The van der Waals surface area contributed by atoms with Crippen LogP contribution in [-0.2, 0) is 20.9 Å². The molecule has 0 radical (unpaired) electrons. The van der Waals surface area contributed by atoms with Gasteiger partial charge in [-0.1, -0.05) is 0 Å². The van der Waals surface area contributed by atoms with Gasteiger partial charge < -0.3 is 16.2 Å². The largest absolute Gasteiger partial charge is 0.480 e. The van der Waals surface area contributed by atoms with E-state index in [4.69, 9.17) is 10.8 Å². The van der Waals surface area contributed by atoms with Gasteiger partial charge in [-0.2, -0.15) is 5.10 Å². The van der Waals surface area contributed by atoms with Crippen LogP contribution in [0, 0.1) is 13.8 Å². The molecule has 0 bridgehead atoms. The van der Waals surface area contributed by atoms with Crippen LogP contribution in [0.15, 0.2) is 6.07 Å². The Morgan fingerprint density at radius 1 is 1.45 bits per heavy atom. The maximum atomic E-state index is 11.7. The van der Waals surface area contributed by atoms with E-state index in [1.54, 1.807) is 4.68 Å². The van der Waals surface area contributed by atoms with Crippen molar-refractivity contribution in [3.63, 3.8) is 0 Å². The highest BCUT2D eigenvalue weighted by molar-refractivity contribution is 5.88. The van der Waals surface area contributed by atoms with E-state index in [9.17, 15) is 14.4 Å². The number of nitrogens with zero attached hydrogens (tertiary/aromatic N) is 2. The molecule has 0 saturated heterocycles. The van der Waals surface area contributed by atoms with Gasteiger partial charge in [0.2, 0.25) is 11.8 Å². The summed E-state index contributed by atoms with van der Waals surface area (Å²) in [4.78, 5) is 33.2. The van der Waals surface area contributed by atoms with Crippen molar-refractivity contribution in [1.82, 2.24) is 15.1 Å². The Kier molecular flexibility index (Phi) is 5.24. The lowest BCUT2D eigenvalue weighted by Gasteiger charge is -2.13. The molecule has 1 aromatic rings. The number of hydrogen-bond donors (Lipinski definition) is 3. The first-order valence-electron chi connectivity index (χ1n) is 6.11. The third-order valence-corrected chi connectivity index (χ3v) is 2.69. The molecule has 1 heterocycles. The number of carbonyl (C=O) groups excluding carboxylic acids is 2. The van der Waals surface area contributed by atoms with Crippen LogP contribution in [-0.4, -0.2) is 38.7 Å². The fourth-order valence-electron chi connectivity index (χ4n) is 1.78. The lowest BCUT2D eigenvalue weighted by molar-refractivity contribution is -0.143. The number of aromatic nitrogens is 2. The number of hydrogen-bond acceptors (Lipinski definition) is 4. The van der Waals surface area contributed by atoms with Crippen molar-refractivity contribution >= 4 is 17.8 Å². The van der Waals surface area contributed by atoms with Gasteiger partial charge in [-0.3, -0.25) is 14.3 Å². The molecule has 0 aliphatic carbocycles. The van der Waals surface area contributed by atoms with E-state index in [0.717, 1.165) is 11.4 Å². The van der Waals surface area contributed by atoms with Crippen molar-refractivity contribution in [2.24, 2.45) is 5.73 Å². The first kappa shape index (κ1) is 15.7. The number of carboxylic acids is 1. The zero-order valence-electron chi connectivity index (χ0n) is 11.4. The number of rotatable bonds is 7. The van der Waals surface area contributed by atoms with Gasteiger partial charge in [-0.15, -0.1) is 0 Å². The normalized spacial score (nSPS) is 11.9. The molecule has 0 fully saturated rings. The van der Waals surface area contributed by atoms with Gasteiger partial charge in [-0.25, -0.2) is 4.79 Å². The second-order valence-corrected chi connectivity index (χ2v) is 4.53. The molecule has 20 heavy (non-hydrogen) atoms. The Balaban J connectivity index is 2.52. The standard InChI is InChI=1S/C12H18N4O4/c1-7-5-8(2)16(15-7)4-3-11(18)14-9(12(19)20)6-10(13)17/h5,9H,3-4,6H2,1-2H3,(H2,13,17)(H,14,18)(H,19,20). The molecule has 1 aromatic heterocycles. The lowest BCUT2D eigenvalue weighted by Crippen LogP contribution is -2.43. The van der Waals surface area contributed by atoms with Crippen molar-refractivity contribution in [3.05, 3.63) is 17.5 Å². The van der Waals surface area contributed by atoms with Crippen LogP contribution in [0.1, 0.15) is 24.2 Å². The maximum Gasteiger partial charge on any atom is 0.326 e. The number of nitrogens with two attached hydrogens (primary N) is 1. The topological polar surface area (TPSA) is 127 Å². The predicted octanol–water partition coefficient (Wildman–Crippen LogP) is -0.665. The molecule has 0 aliphatic rings. The number of aliphatic carboxylic acids is 1. The molecule has 8 nitrogen and oxygen atoms in total. The summed E-state index contributed by atoms with van der Waals surface area (Å²) in [6.07, 6.45) is -0.356. The number of amides is 2. The highest BCUT2D eigenvalue weighted by Crippen LogP contribution is 2.03. The number of aryl methyl sites for hydroxylation is 3. The summed E-state index contributed by atoms with van der Waals surface area (Å²) in [5, 5.41) is 15.3. The van der Waals surface area contributed by atoms with Gasteiger partial charge in [0.25, 0.3) is 0 Å². The monoisotopic (exact) mass is 282 g/mol. The van der Waals surface area contributed by atoms with Crippen LogP contribution in [0.4, 0.5) is 0 Å². The fourth-order valence-corrected chi connectivity index (χ4v) is 1.78. The van der Waals surface area contributed by atoms with E-state index in [2.05, 4.69) is 10.4 Å². The van der Waals surface area contributed by atoms with Crippen LogP contribution in [0.5, 0.6) is 0 Å². The van der Waals surface area contributed by atoms with Crippen LogP contribution in [0.25, 0.3) is 0 Å². The Morgan fingerprint density at radius 2 is 2.10 bits per heavy atom. The number of nitrogens with one attached hydrogen (secondary N) is 1. The van der Waals surface area contributed by atoms with Crippen LogP contribution in [0.2, 0.25) is 0 Å². The molecule has 2 amide bonds. The summed E-state index contributed by atoms with van der Waals surface area (Å²) in [6, 6.07) is 0.589. The molecule has 1 rings (SSSR count). The van der Waals surface area contributed by atoms with Gasteiger partial charge in [0.1, 0.15) is 6.04 Å². The van der Waals surface area contributed by atoms with Gasteiger partial charge >= 0.3 is 5.97 Å². The quantitative estimate of drug-likeness (QED) is 0.611. The average molecular weight is 282 g/mol. The second kappa shape index (κ2) is 6.69. The molecule has 1 atom stereocenters. The van der Waals surface area contributed by atoms with Crippen molar-refractivity contribution in [2.75, 3.05) is 0 Å². The Morgan fingerprint density at radius 3 is 2.55 bits per heavy atom. The molecule has 110 valence electrons. The van der Waals surface area contributed by atoms with E-state index in [0.29, 0.717) is 6.54 Å². The molecule has 0 spiro atoms. The predicted molar refractivity (Wildman–Crippen MR) is 69.7 cm³/mol. The summed E-state index contributed by atoms with van der Waals surface area (Å²) in [7, 11) is 0. The molecule has 1 unspecified atom stereocenters. The Bertz CT molecular complexity index is 524. The molecular formula is C12H18N4O4. The molecular weight excluding hydrogens is 264 g/mol. The summed E-state index contributed by atoms with van der Waals surface area (Å²) in [5.41, 5.74) is 6.69. The smallest absolute Gasteiger partial charge is 0.326 e. The maximum absolute atomic E-state index is 11.7. The molecule has 8 heteroatoms. The lowest BCUT2D eigenvalue weighted by atomic mass is 10.2. The van der Waals surface area contributed by atoms with Crippen LogP contribution in [0.3, 0.4) is 0 Å². The highest BCUT2D eigenvalue weighted by atomic mass is 16.4. The van der Waals surface area contributed by atoms with E-state index in [1.165, 1.54) is 0 Å². The Labute approximate surface area is 115 Å².